The van der Waals surface area contributed by atoms with Crippen molar-refractivity contribution in [1.82, 2.24) is 14.8 Å². The molecular weight excluding hydrogens is 432 g/mol. The molecule has 9 nitrogen and oxygen atoms in total. The number of para-hydroxylation sites is 2. The van der Waals surface area contributed by atoms with E-state index >= 15 is 0 Å². The number of aromatic nitrogens is 3. The molecule has 2 heterocycles. The maximum atomic E-state index is 12.4. The van der Waals surface area contributed by atoms with Crippen molar-refractivity contribution in [3.63, 3.8) is 0 Å². The number of hydrogen-bond acceptors (Lipinski definition) is 8. The smallest absolute Gasteiger partial charge is 0.234 e. The van der Waals surface area contributed by atoms with Gasteiger partial charge >= 0.3 is 0 Å². The quantitative estimate of drug-likeness (QED) is 0.484. The number of carbonyl (C=O) groups is 1. The number of benzene rings is 2. The van der Waals surface area contributed by atoms with Crippen molar-refractivity contribution in [1.29, 1.82) is 0 Å². The molecule has 0 saturated carbocycles. The Bertz CT molecular complexity index is 1100. The normalized spacial score (nSPS) is 13.0. The minimum atomic E-state index is -0.351. The fourth-order valence-corrected chi connectivity index (χ4v) is 4.07. The number of nitrogens with zero attached hydrogens (tertiary/aromatic N) is 3. The van der Waals surface area contributed by atoms with E-state index in [1.54, 1.807) is 25.3 Å². The first-order valence-corrected chi connectivity index (χ1v) is 11.1. The molecule has 1 unspecified atom stereocenters. The highest BCUT2D eigenvalue weighted by atomic mass is 32.2. The maximum Gasteiger partial charge on any atom is 0.234 e. The highest BCUT2D eigenvalue weighted by Crippen LogP contribution is 2.34. The topological polar surface area (TPSA) is 96.7 Å². The largest absolute Gasteiger partial charge is 0.493 e. The molecule has 1 aromatic heterocycles. The molecule has 0 radical (unpaired) electrons. The van der Waals surface area contributed by atoms with Crippen LogP contribution in [0, 0.1) is 0 Å². The van der Waals surface area contributed by atoms with Gasteiger partial charge in [0.05, 0.1) is 12.9 Å². The first kappa shape index (κ1) is 21.8. The van der Waals surface area contributed by atoms with E-state index in [1.165, 1.54) is 11.8 Å². The Morgan fingerprint density at radius 1 is 1.19 bits per heavy atom. The fraction of sp³-hybridized carbons (Fsp3) is 0.318. The third-order valence-electron chi connectivity index (χ3n) is 4.79. The molecule has 4 rings (SSSR count). The monoisotopic (exact) mass is 456 g/mol. The molecule has 0 fully saturated rings. The zero-order chi connectivity index (χ0) is 22.5. The van der Waals surface area contributed by atoms with E-state index in [0.29, 0.717) is 46.2 Å². The van der Waals surface area contributed by atoms with E-state index in [2.05, 4.69) is 15.5 Å². The Morgan fingerprint density at radius 3 is 2.75 bits per heavy atom. The first-order valence-electron chi connectivity index (χ1n) is 10.1. The average Bonchev–Trinajstić information content (AvgIpc) is 3.44. The molecule has 1 aliphatic rings. The standard InChI is InChI=1S/C22H24N4O5S/c1-4-26-21(14(2)31-18-8-6-5-7-16(18)28-3)24-25-22(26)32-12-20(27)23-15-9-10-17-19(11-15)30-13-29-17/h5-11,14H,4,12-13H2,1-3H3,(H,23,27). The van der Waals surface area contributed by atoms with Crippen LogP contribution in [0.15, 0.2) is 47.6 Å². The van der Waals surface area contributed by atoms with E-state index in [1.807, 2.05) is 42.7 Å². The zero-order valence-electron chi connectivity index (χ0n) is 18.0. The van der Waals surface area contributed by atoms with Crippen molar-refractivity contribution in [3.8, 4) is 23.0 Å². The highest BCUT2D eigenvalue weighted by molar-refractivity contribution is 7.99. The second kappa shape index (κ2) is 9.82. The molecular formula is C22H24N4O5S. The summed E-state index contributed by atoms with van der Waals surface area (Å²) in [7, 11) is 1.60. The summed E-state index contributed by atoms with van der Waals surface area (Å²) >= 11 is 1.32. The highest BCUT2D eigenvalue weighted by Gasteiger charge is 2.21. The van der Waals surface area contributed by atoms with Gasteiger partial charge in [-0.3, -0.25) is 4.79 Å². The lowest BCUT2D eigenvalue weighted by atomic mass is 10.3. The number of ether oxygens (including phenoxy) is 4. The summed E-state index contributed by atoms with van der Waals surface area (Å²) in [6.07, 6.45) is -0.351. The number of amides is 1. The molecule has 0 aliphatic carbocycles. The van der Waals surface area contributed by atoms with Crippen molar-refractivity contribution in [2.75, 3.05) is 25.0 Å². The molecule has 1 aliphatic heterocycles. The second-order valence-corrected chi connectivity index (χ2v) is 7.84. The number of methoxy groups -OCH3 is 1. The van der Waals surface area contributed by atoms with E-state index < -0.39 is 0 Å². The van der Waals surface area contributed by atoms with Crippen molar-refractivity contribution in [2.24, 2.45) is 0 Å². The van der Waals surface area contributed by atoms with Gasteiger partial charge in [0.1, 0.15) is 0 Å². The Labute approximate surface area is 190 Å². The maximum absolute atomic E-state index is 12.4. The van der Waals surface area contributed by atoms with Crippen LogP contribution in [0.3, 0.4) is 0 Å². The zero-order valence-corrected chi connectivity index (χ0v) is 18.8. The number of thioether (sulfide) groups is 1. The minimum Gasteiger partial charge on any atom is -0.493 e. The summed E-state index contributed by atoms with van der Waals surface area (Å²) in [5, 5.41) is 12.1. The van der Waals surface area contributed by atoms with Gasteiger partial charge in [-0.05, 0) is 38.1 Å². The van der Waals surface area contributed by atoms with Gasteiger partial charge in [0.15, 0.2) is 40.1 Å². The molecule has 0 spiro atoms. The SMILES string of the molecule is CCn1c(SCC(=O)Nc2ccc3c(c2)OCO3)nnc1C(C)Oc1ccccc1OC. The predicted molar refractivity (Wildman–Crippen MR) is 120 cm³/mol. The molecule has 0 saturated heterocycles. The van der Waals surface area contributed by atoms with E-state index in [-0.39, 0.29) is 24.6 Å². The van der Waals surface area contributed by atoms with Gasteiger partial charge in [-0.1, -0.05) is 23.9 Å². The van der Waals surface area contributed by atoms with Gasteiger partial charge in [0, 0.05) is 18.3 Å². The molecule has 2 aromatic carbocycles. The lowest BCUT2D eigenvalue weighted by Gasteiger charge is -2.17. The van der Waals surface area contributed by atoms with Gasteiger partial charge in [-0.2, -0.15) is 0 Å². The Kier molecular flexibility index (Phi) is 6.69. The van der Waals surface area contributed by atoms with Crippen LogP contribution in [0.2, 0.25) is 0 Å². The van der Waals surface area contributed by atoms with Gasteiger partial charge in [-0.15, -0.1) is 10.2 Å². The van der Waals surface area contributed by atoms with Crippen molar-refractivity contribution < 1.29 is 23.7 Å². The van der Waals surface area contributed by atoms with Crippen LogP contribution in [-0.4, -0.2) is 40.3 Å². The second-order valence-electron chi connectivity index (χ2n) is 6.90. The van der Waals surface area contributed by atoms with E-state index in [0.717, 1.165) is 0 Å². The Balaban J connectivity index is 1.38. The van der Waals surface area contributed by atoms with E-state index in [4.69, 9.17) is 18.9 Å². The number of fused-ring (bicyclic) bond motifs is 1. The molecule has 1 atom stereocenters. The third kappa shape index (κ3) is 4.75. The van der Waals surface area contributed by atoms with Crippen LogP contribution in [-0.2, 0) is 11.3 Å². The molecule has 10 heteroatoms. The van der Waals surface area contributed by atoms with Crippen LogP contribution >= 0.6 is 11.8 Å². The first-order chi connectivity index (χ1) is 15.6. The fourth-order valence-electron chi connectivity index (χ4n) is 3.27. The number of rotatable bonds is 9. The molecule has 0 bridgehead atoms. The summed E-state index contributed by atoms with van der Waals surface area (Å²) < 4.78 is 24.0. The molecule has 3 aromatic rings. The predicted octanol–water partition coefficient (Wildman–Crippen LogP) is 3.91. The number of hydrogen-bond donors (Lipinski definition) is 1. The summed E-state index contributed by atoms with van der Waals surface area (Å²) in [4.78, 5) is 12.4. The number of nitrogens with one attached hydrogen (secondary N) is 1. The van der Waals surface area contributed by atoms with E-state index in [9.17, 15) is 4.79 Å². The van der Waals surface area contributed by atoms with Gasteiger partial charge in [-0.25, -0.2) is 0 Å². The summed E-state index contributed by atoms with van der Waals surface area (Å²) in [5.41, 5.74) is 0.649. The van der Waals surface area contributed by atoms with Crippen LogP contribution in [0.1, 0.15) is 25.8 Å². The summed E-state index contributed by atoms with van der Waals surface area (Å²) in [5.74, 6) is 3.29. The van der Waals surface area contributed by atoms with Crippen LogP contribution in [0.25, 0.3) is 0 Å². The molecule has 168 valence electrons. The van der Waals surface area contributed by atoms with Crippen molar-refractivity contribution in [2.45, 2.75) is 31.7 Å². The van der Waals surface area contributed by atoms with Gasteiger partial charge in [0.2, 0.25) is 12.7 Å². The van der Waals surface area contributed by atoms with Crippen LogP contribution in [0.4, 0.5) is 5.69 Å². The average molecular weight is 457 g/mol. The lowest BCUT2D eigenvalue weighted by molar-refractivity contribution is -0.113. The third-order valence-corrected chi connectivity index (χ3v) is 5.75. The minimum absolute atomic E-state index is 0.153. The molecule has 1 amide bonds. The number of carbonyl (C=O) groups excluding carboxylic acids is 1. The van der Waals surface area contributed by atoms with Crippen LogP contribution in [0.5, 0.6) is 23.0 Å². The van der Waals surface area contributed by atoms with Crippen LogP contribution < -0.4 is 24.3 Å². The Morgan fingerprint density at radius 2 is 1.97 bits per heavy atom. The molecule has 32 heavy (non-hydrogen) atoms. The number of anilines is 1. The van der Waals surface area contributed by atoms with Gasteiger partial charge in [0.25, 0.3) is 0 Å². The molecule has 1 N–H and O–H groups in total. The summed E-state index contributed by atoms with van der Waals surface area (Å²) in [6.45, 7) is 4.74. The Hall–Kier alpha value is -3.40. The van der Waals surface area contributed by atoms with Crippen molar-refractivity contribution in [3.05, 3.63) is 48.3 Å². The lowest BCUT2D eigenvalue weighted by Crippen LogP contribution is -2.15. The summed E-state index contributed by atoms with van der Waals surface area (Å²) in [6, 6.07) is 12.7. The van der Waals surface area contributed by atoms with Crippen molar-refractivity contribution >= 4 is 23.4 Å². The van der Waals surface area contributed by atoms with Gasteiger partial charge < -0.3 is 28.8 Å².